The fraction of sp³-hybridized carbons (Fsp3) is 0.500. The van der Waals surface area contributed by atoms with Crippen LogP contribution in [0, 0.1) is 5.41 Å². The second-order valence-corrected chi connectivity index (χ2v) is 4.85. The van der Waals surface area contributed by atoms with Crippen LogP contribution in [0.15, 0.2) is 24.4 Å². The summed E-state index contributed by atoms with van der Waals surface area (Å²) in [6.07, 6.45) is 5.08. The van der Waals surface area contributed by atoms with Crippen molar-refractivity contribution in [3.63, 3.8) is 0 Å². The van der Waals surface area contributed by atoms with E-state index in [1.165, 1.54) is 10.3 Å². The molecule has 2 heterocycles. The molecule has 0 bridgehead atoms. The van der Waals surface area contributed by atoms with E-state index in [-0.39, 0.29) is 6.03 Å². The smallest absolute Gasteiger partial charge is 0.323 e. The summed E-state index contributed by atoms with van der Waals surface area (Å²) >= 11 is 0. The maximum absolute atomic E-state index is 12.3. The van der Waals surface area contributed by atoms with Crippen LogP contribution in [0.2, 0.25) is 0 Å². The number of hydrogen-bond donors (Lipinski definition) is 1. The average molecular weight is 260 g/mol. The number of amides is 1. The van der Waals surface area contributed by atoms with E-state index >= 15 is 0 Å². The number of carbonyl (C=O) groups excluding carboxylic acids is 1. The lowest BCUT2D eigenvalue weighted by Gasteiger charge is -2.19. The summed E-state index contributed by atoms with van der Waals surface area (Å²) in [7, 11) is 0. The number of rotatable bonds is 2. The summed E-state index contributed by atoms with van der Waals surface area (Å²) in [6.45, 7) is 7.35. The maximum Gasteiger partial charge on any atom is 0.344 e. The highest BCUT2D eigenvalue weighted by Crippen LogP contribution is 2.15. The Kier molecular flexibility index (Phi) is 4.14. The van der Waals surface area contributed by atoms with E-state index in [0.717, 1.165) is 25.8 Å². The van der Waals surface area contributed by atoms with Crippen LogP contribution >= 0.6 is 0 Å². The normalized spacial score (nSPS) is 16.3. The molecule has 2 rings (SSSR count). The van der Waals surface area contributed by atoms with Gasteiger partial charge in [-0.3, -0.25) is 0 Å². The SMILES string of the molecule is C=C1CCCN(C(=O)n2ccc(C(=N)CC)n2)CC1. The number of nitrogens with zero attached hydrogens (tertiary/aromatic N) is 3. The zero-order chi connectivity index (χ0) is 13.8. The van der Waals surface area contributed by atoms with Gasteiger partial charge < -0.3 is 10.3 Å². The Bertz CT molecular complexity index is 503. The van der Waals surface area contributed by atoms with Gasteiger partial charge in [-0.05, 0) is 31.7 Å². The lowest BCUT2D eigenvalue weighted by atomic mass is 10.1. The minimum atomic E-state index is -0.107. The first-order valence-corrected chi connectivity index (χ1v) is 6.71. The van der Waals surface area contributed by atoms with Crippen LogP contribution < -0.4 is 0 Å². The van der Waals surface area contributed by atoms with Crippen molar-refractivity contribution in [2.75, 3.05) is 13.1 Å². The van der Waals surface area contributed by atoms with E-state index in [2.05, 4.69) is 11.7 Å². The van der Waals surface area contributed by atoms with Gasteiger partial charge in [0.25, 0.3) is 0 Å². The number of likely N-dealkylation sites (tertiary alicyclic amines) is 1. The van der Waals surface area contributed by atoms with Crippen LogP contribution in [0.1, 0.15) is 38.3 Å². The molecule has 1 N–H and O–H groups in total. The van der Waals surface area contributed by atoms with Crippen molar-refractivity contribution in [3.05, 3.63) is 30.1 Å². The molecule has 1 aliphatic rings. The second kappa shape index (κ2) is 5.82. The first kappa shape index (κ1) is 13.5. The molecule has 5 heteroatoms. The monoisotopic (exact) mass is 260 g/mol. The molecule has 102 valence electrons. The second-order valence-electron chi connectivity index (χ2n) is 4.85. The predicted molar refractivity (Wildman–Crippen MR) is 74.7 cm³/mol. The van der Waals surface area contributed by atoms with Crippen molar-refractivity contribution in [1.82, 2.24) is 14.7 Å². The Morgan fingerprint density at radius 1 is 1.47 bits per heavy atom. The average Bonchev–Trinajstić information content (AvgIpc) is 2.81. The van der Waals surface area contributed by atoms with Crippen LogP contribution in [-0.2, 0) is 0 Å². The van der Waals surface area contributed by atoms with E-state index in [1.54, 1.807) is 12.3 Å². The zero-order valence-corrected chi connectivity index (χ0v) is 11.4. The molecule has 0 spiro atoms. The van der Waals surface area contributed by atoms with E-state index in [9.17, 15) is 4.79 Å². The number of carbonyl (C=O) groups is 1. The topological polar surface area (TPSA) is 62.0 Å². The van der Waals surface area contributed by atoms with Crippen molar-refractivity contribution >= 4 is 11.7 Å². The molecule has 0 unspecified atom stereocenters. The van der Waals surface area contributed by atoms with Gasteiger partial charge in [-0.1, -0.05) is 19.1 Å². The summed E-state index contributed by atoms with van der Waals surface area (Å²) in [5.74, 6) is 0. The standard InChI is InChI=1S/C14H20N4O/c1-3-12(15)13-7-10-18(16-13)14(19)17-8-4-5-11(2)6-9-17/h7,10,15H,2-6,8-9H2,1H3. The van der Waals surface area contributed by atoms with Gasteiger partial charge in [0.05, 0.1) is 5.71 Å². The van der Waals surface area contributed by atoms with Gasteiger partial charge in [-0.2, -0.15) is 9.78 Å². The number of aromatic nitrogens is 2. The van der Waals surface area contributed by atoms with Crippen molar-refractivity contribution in [2.24, 2.45) is 0 Å². The lowest BCUT2D eigenvalue weighted by molar-refractivity contribution is 0.198. The summed E-state index contributed by atoms with van der Waals surface area (Å²) in [5, 5.41) is 11.9. The minimum Gasteiger partial charge on any atom is -0.323 e. The minimum absolute atomic E-state index is 0.107. The quantitative estimate of drug-likeness (QED) is 0.656. The maximum atomic E-state index is 12.3. The van der Waals surface area contributed by atoms with Crippen LogP contribution in [0.3, 0.4) is 0 Å². The number of nitrogens with one attached hydrogen (secondary N) is 1. The molecule has 0 aliphatic carbocycles. The number of hydrogen-bond acceptors (Lipinski definition) is 3. The Labute approximate surface area is 113 Å². The van der Waals surface area contributed by atoms with Crippen LogP contribution in [0.4, 0.5) is 4.79 Å². The summed E-state index contributed by atoms with van der Waals surface area (Å²) in [5.41, 5.74) is 2.25. The lowest BCUT2D eigenvalue weighted by Crippen LogP contribution is -2.35. The van der Waals surface area contributed by atoms with Crippen LogP contribution in [0.25, 0.3) is 0 Å². The van der Waals surface area contributed by atoms with Gasteiger partial charge in [0.2, 0.25) is 0 Å². The first-order chi connectivity index (χ1) is 9.11. The Hall–Kier alpha value is -1.91. The highest BCUT2D eigenvalue weighted by Gasteiger charge is 2.19. The van der Waals surface area contributed by atoms with Gasteiger partial charge in [0.1, 0.15) is 5.69 Å². The fourth-order valence-electron chi connectivity index (χ4n) is 2.16. The highest BCUT2D eigenvalue weighted by molar-refractivity contribution is 5.96. The summed E-state index contributed by atoms with van der Waals surface area (Å²) in [4.78, 5) is 14.1. The zero-order valence-electron chi connectivity index (χ0n) is 11.4. The molecule has 19 heavy (non-hydrogen) atoms. The first-order valence-electron chi connectivity index (χ1n) is 6.71. The molecule has 1 aromatic heterocycles. The van der Waals surface area contributed by atoms with Crippen LogP contribution in [-0.4, -0.2) is 39.5 Å². The molecule has 5 nitrogen and oxygen atoms in total. The molecular weight excluding hydrogens is 240 g/mol. The Morgan fingerprint density at radius 3 is 3.00 bits per heavy atom. The largest absolute Gasteiger partial charge is 0.344 e. The van der Waals surface area contributed by atoms with E-state index < -0.39 is 0 Å². The third-order valence-electron chi connectivity index (χ3n) is 3.41. The fourth-order valence-corrected chi connectivity index (χ4v) is 2.16. The molecule has 1 fully saturated rings. The van der Waals surface area contributed by atoms with Crippen molar-refractivity contribution < 1.29 is 4.79 Å². The molecule has 1 aromatic rings. The van der Waals surface area contributed by atoms with E-state index in [4.69, 9.17) is 5.41 Å². The summed E-state index contributed by atoms with van der Waals surface area (Å²) in [6, 6.07) is 1.62. The van der Waals surface area contributed by atoms with Crippen molar-refractivity contribution in [1.29, 1.82) is 5.41 Å². The third-order valence-corrected chi connectivity index (χ3v) is 3.41. The molecule has 0 atom stereocenters. The predicted octanol–water partition coefficient (Wildman–Crippen LogP) is 2.67. The molecule has 1 amide bonds. The van der Waals surface area contributed by atoms with Crippen LogP contribution in [0.5, 0.6) is 0 Å². The van der Waals surface area contributed by atoms with Gasteiger partial charge in [-0.25, -0.2) is 4.79 Å². The Morgan fingerprint density at radius 2 is 2.26 bits per heavy atom. The van der Waals surface area contributed by atoms with E-state index in [0.29, 0.717) is 24.4 Å². The molecule has 0 saturated carbocycles. The van der Waals surface area contributed by atoms with Crippen molar-refractivity contribution in [2.45, 2.75) is 32.6 Å². The van der Waals surface area contributed by atoms with Gasteiger partial charge in [-0.15, -0.1) is 0 Å². The molecule has 1 aliphatic heterocycles. The van der Waals surface area contributed by atoms with Gasteiger partial charge in [0.15, 0.2) is 0 Å². The van der Waals surface area contributed by atoms with Gasteiger partial charge in [0, 0.05) is 19.3 Å². The van der Waals surface area contributed by atoms with E-state index in [1.807, 2.05) is 11.8 Å². The third kappa shape index (κ3) is 3.10. The molecule has 0 radical (unpaired) electrons. The summed E-state index contributed by atoms with van der Waals surface area (Å²) < 4.78 is 1.34. The molecule has 1 saturated heterocycles. The molecular formula is C14H20N4O. The molecule has 0 aromatic carbocycles. The van der Waals surface area contributed by atoms with Gasteiger partial charge >= 0.3 is 6.03 Å². The van der Waals surface area contributed by atoms with Crippen molar-refractivity contribution in [3.8, 4) is 0 Å². The Balaban J connectivity index is 2.08. The highest BCUT2D eigenvalue weighted by atomic mass is 16.2.